The van der Waals surface area contributed by atoms with Gasteiger partial charge in [-0.05, 0) is 6.42 Å². The first-order valence-electron chi connectivity index (χ1n) is 8.43. The molecular weight excluding hydrogens is 330 g/mol. The van der Waals surface area contributed by atoms with Crippen molar-refractivity contribution < 1.29 is 33.8 Å². The smallest absolute Gasteiger partial charge is 0.326 e. The topological polar surface area (TPSA) is 119 Å². The highest BCUT2D eigenvalue weighted by Gasteiger charge is 2.18. The molecular formula is C17H29NO7. The van der Waals surface area contributed by atoms with Gasteiger partial charge >= 0.3 is 5.97 Å². The van der Waals surface area contributed by atoms with Crippen LogP contribution in [0.1, 0.15) is 46.5 Å². The number of carboxylic acid groups (broad SMARTS) is 1. The first-order valence-corrected chi connectivity index (χ1v) is 8.43. The quantitative estimate of drug-likeness (QED) is 0.418. The Hall–Kier alpha value is -1.80. The van der Waals surface area contributed by atoms with E-state index in [-0.39, 0.29) is 37.1 Å². The molecule has 0 unspecified atom stereocenters. The summed E-state index contributed by atoms with van der Waals surface area (Å²) in [5.74, 6) is -1.51. The summed E-state index contributed by atoms with van der Waals surface area (Å²) in [6.07, 6.45) is 1.32. The van der Waals surface area contributed by atoms with Gasteiger partial charge in [0.25, 0.3) is 0 Å². The van der Waals surface area contributed by atoms with Gasteiger partial charge in [-0.1, -0.05) is 13.8 Å². The molecule has 8 heteroatoms. The molecule has 25 heavy (non-hydrogen) atoms. The van der Waals surface area contributed by atoms with Crippen molar-refractivity contribution in [3.05, 3.63) is 0 Å². The monoisotopic (exact) mass is 359 g/mol. The molecule has 0 aliphatic rings. The van der Waals surface area contributed by atoms with Gasteiger partial charge in [0.2, 0.25) is 5.91 Å². The van der Waals surface area contributed by atoms with Gasteiger partial charge in [0, 0.05) is 45.3 Å². The summed E-state index contributed by atoms with van der Waals surface area (Å²) < 4.78 is 10.4. The average molecular weight is 359 g/mol. The molecule has 0 radical (unpaired) electrons. The third kappa shape index (κ3) is 13.2. The van der Waals surface area contributed by atoms with Crippen molar-refractivity contribution in [2.45, 2.75) is 52.5 Å². The number of ether oxygens (including phenoxy) is 2. The Bertz CT molecular complexity index is 448. The highest BCUT2D eigenvalue weighted by atomic mass is 16.5. The van der Waals surface area contributed by atoms with E-state index in [9.17, 15) is 19.2 Å². The zero-order valence-corrected chi connectivity index (χ0v) is 15.2. The molecule has 1 amide bonds. The lowest BCUT2D eigenvalue weighted by atomic mass is 10.1. The van der Waals surface area contributed by atoms with Gasteiger partial charge in [-0.2, -0.15) is 0 Å². The van der Waals surface area contributed by atoms with Crippen LogP contribution in [0.5, 0.6) is 0 Å². The minimum Gasteiger partial charge on any atom is -0.480 e. The molecule has 0 heterocycles. The number of nitrogens with one attached hydrogen (secondary N) is 1. The number of amides is 1. The number of Topliss-reactive ketones (excluding diaryl/α,β-unsaturated/α-hetero) is 2. The van der Waals surface area contributed by atoms with Crippen LogP contribution >= 0.6 is 0 Å². The minimum atomic E-state index is -1.14. The number of carboxylic acids is 1. The van der Waals surface area contributed by atoms with E-state index in [1.54, 1.807) is 0 Å². The summed E-state index contributed by atoms with van der Waals surface area (Å²) in [4.78, 5) is 44.7. The Morgan fingerprint density at radius 2 is 1.68 bits per heavy atom. The Morgan fingerprint density at radius 1 is 1.00 bits per heavy atom. The van der Waals surface area contributed by atoms with Crippen LogP contribution < -0.4 is 5.32 Å². The maximum Gasteiger partial charge on any atom is 0.326 e. The zero-order valence-electron chi connectivity index (χ0n) is 15.2. The molecule has 144 valence electrons. The molecule has 8 nitrogen and oxygen atoms in total. The second-order valence-corrected chi connectivity index (χ2v) is 6.06. The van der Waals surface area contributed by atoms with E-state index < -0.39 is 17.9 Å². The van der Waals surface area contributed by atoms with Crippen LogP contribution in [-0.2, 0) is 28.7 Å². The van der Waals surface area contributed by atoms with Crippen molar-refractivity contribution in [2.75, 3.05) is 26.4 Å². The molecule has 2 N–H and O–H groups in total. The zero-order chi connectivity index (χ0) is 19.2. The van der Waals surface area contributed by atoms with Gasteiger partial charge in [0.1, 0.15) is 18.4 Å². The summed E-state index contributed by atoms with van der Waals surface area (Å²) in [7, 11) is 0. The van der Waals surface area contributed by atoms with Crippen LogP contribution in [-0.4, -0.2) is 61.0 Å². The fraction of sp³-hybridized carbons (Fsp3) is 0.765. The van der Waals surface area contributed by atoms with E-state index in [1.807, 2.05) is 13.8 Å². The second-order valence-electron chi connectivity index (χ2n) is 6.06. The highest BCUT2D eigenvalue weighted by Crippen LogP contribution is 2.00. The lowest BCUT2D eigenvalue weighted by molar-refractivity contribution is -0.142. The molecule has 1 atom stereocenters. The van der Waals surface area contributed by atoms with Crippen molar-refractivity contribution in [3.8, 4) is 0 Å². The summed E-state index contributed by atoms with van der Waals surface area (Å²) >= 11 is 0. The first kappa shape index (κ1) is 23.2. The molecule has 0 aliphatic heterocycles. The fourth-order valence-corrected chi connectivity index (χ4v) is 1.90. The molecule has 0 saturated heterocycles. The predicted molar refractivity (Wildman–Crippen MR) is 90.2 cm³/mol. The van der Waals surface area contributed by atoms with Crippen molar-refractivity contribution >= 4 is 23.4 Å². The fourth-order valence-electron chi connectivity index (χ4n) is 1.90. The van der Waals surface area contributed by atoms with Crippen LogP contribution in [0, 0.1) is 5.92 Å². The summed E-state index contributed by atoms with van der Waals surface area (Å²) in [6.45, 7) is 5.66. The lowest BCUT2D eigenvalue weighted by Crippen LogP contribution is -2.40. The summed E-state index contributed by atoms with van der Waals surface area (Å²) in [5.41, 5.74) is 0. The summed E-state index contributed by atoms with van der Waals surface area (Å²) in [6, 6.07) is -1.02. The summed E-state index contributed by atoms with van der Waals surface area (Å²) in [5, 5.41) is 11.2. The maximum absolute atomic E-state index is 11.6. The van der Waals surface area contributed by atoms with E-state index in [1.165, 1.54) is 6.92 Å². The van der Waals surface area contributed by atoms with Gasteiger partial charge in [0.15, 0.2) is 5.78 Å². The molecule has 0 spiro atoms. The van der Waals surface area contributed by atoms with E-state index in [2.05, 4.69) is 5.32 Å². The molecule has 0 aromatic heterocycles. The minimum absolute atomic E-state index is 0.00805. The average Bonchev–Trinajstić information content (AvgIpc) is 2.52. The SMILES string of the molecule is CC(=O)N[C@@H](CCOCC(=O)CCCOCCC(=O)C(C)C)C(=O)O. The van der Waals surface area contributed by atoms with Crippen LogP contribution in [0.15, 0.2) is 0 Å². The molecule has 0 rings (SSSR count). The first-order chi connectivity index (χ1) is 11.7. The maximum atomic E-state index is 11.6. The third-order valence-corrected chi connectivity index (χ3v) is 3.37. The molecule has 0 fully saturated rings. The van der Waals surface area contributed by atoms with E-state index >= 15 is 0 Å². The molecule has 0 saturated carbocycles. The Balaban J connectivity index is 3.66. The highest BCUT2D eigenvalue weighted by molar-refractivity contribution is 5.82. The van der Waals surface area contributed by atoms with Gasteiger partial charge in [0.05, 0.1) is 6.61 Å². The molecule has 0 bridgehead atoms. The van der Waals surface area contributed by atoms with Crippen molar-refractivity contribution in [1.82, 2.24) is 5.32 Å². The molecule has 0 aromatic rings. The number of aliphatic carboxylic acids is 1. The number of carbonyl (C=O) groups excluding carboxylic acids is 3. The van der Waals surface area contributed by atoms with Crippen LogP contribution in [0.4, 0.5) is 0 Å². The standard InChI is InChI=1S/C17H29NO7/c1-12(2)16(21)7-10-24-8-4-5-14(20)11-25-9-6-15(17(22)23)18-13(3)19/h12,15H,4-11H2,1-3H3,(H,18,19)(H,22,23)/t15-/m0/s1. The van der Waals surface area contributed by atoms with Gasteiger partial charge in [-0.15, -0.1) is 0 Å². The number of ketones is 2. The number of hydrogen-bond donors (Lipinski definition) is 2. The Morgan fingerprint density at radius 3 is 2.24 bits per heavy atom. The van der Waals surface area contributed by atoms with Gasteiger partial charge in [-0.3, -0.25) is 14.4 Å². The van der Waals surface area contributed by atoms with Crippen molar-refractivity contribution in [2.24, 2.45) is 5.92 Å². The third-order valence-electron chi connectivity index (χ3n) is 3.37. The Labute approximate surface area is 148 Å². The number of carbonyl (C=O) groups is 4. The number of rotatable bonds is 15. The van der Waals surface area contributed by atoms with Crippen LogP contribution in [0.2, 0.25) is 0 Å². The van der Waals surface area contributed by atoms with Crippen molar-refractivity contribution in [1.29, 1.82) is 0 Å². The van der Waals surface area contributed by atoms with Crippen LogP contribution in [0.25, 0.3) is 0 Å². The van der Waals surface area contributed by atoms with E-state index in [4.69, 9.17) is 14.6 Å². The van der Waals surface area contributed by atoms with Gasteiger partial charge < -0.3 is 19.9 Å². The second kappa shape index (κ2) is 13.5. The molecule has 0 aliphatic carbocycles. The van der Waals surface area contributed by atoms with E-state index in [0.717, 1.165) is 0 Å². The van der Waals surface area contributed by atoms with E-state index in [0.29, 0.717) is 32.5 Å². The Kier molecular flexibility index (Phi) is 12.5. The van der Waals surface area contributed by atoms with Gasteiger partial charge in [-0.25, -0.2) is 4.79 Å². The number of hydrogen-bond acceptors (Lipinski definition) is 6. The normalized spacial score (nSPS) is 12.0. The van der Waals surface area contributed by atoms with Crippen LogP contribution in [0.3, 0.4) is 0 Å². The largest absolute Gasteiger partial charge is 0.480 e. The predicted octanol–water partition coefficient (Wildman–Crippen LogP) is 0.964. The lowest BCUT2D eigenvalue weighted by Gasteiger charge is -2.13. The van der Waals surface area contributed by atoms with Crippen molar-refractivity contribution in [3.63, 3.8) is 0 Å². The molecule has 0 aromatic carbocycles.